The van der Waals surface area contributed by atoms with Gasteiger partial charge in [0.1, 0.15) is 17.4 Å². The van der Waals surface area contributed by atoms with Crippen LogP contribution in [-0.4, -0.2) is 52.1 Å². The fourth-order valence-corrected chi connectivity index (χ4v) is 4.27. The number of aryl methyl sites for hydroxylation is 2. The van der Waals surface area contributed by atoms with Crippen molar-refractivity contribution in [2.24, 2.45) is 0 Å². The summed E-state index contributed by atoms with van der Waals surface area (Å²) in [5.74, 6) is 2.31. The van der Waals surface area contributed by atoms with Crippen molar-refractivity contribution < 1.29 is 9.90 Å². The number of carbonyl (C=O) groups excluding carboxylic acids is 1. The van der Waals surface area contributed by atoms with E-state index >= 15 is 0 Å². The number of carbonyl (C=O) groups is 1. The van der Waals surface area contributed by atoms with Gasteiger partial charge in [0.05, 0.1) is 5.69 Å². The van der Waals surface area contributed by atoms with Crippen molar-refractivity contribution in [3.8, 4) is 5.75 Å². The zero-order valence-corrected chi connectivity index (χ0v) is 16.7. The van der Waals surface area contributed by atoms with Crippen molar-refractivity contribution in [3.05, 3.63) is 46.9 Å². The number of phenols is 1. The van der Waals surface area contributed by atoms with Crippen LogP contribution in [0.15, 0.2) is 24.3 Å². The van der Waals surface area contributed by atoms with Crippen molar-refractivity contribution in [1.82, 2.24) is 14.9 Å². The second kappa shape index (κ2) is 7.78. The van der Waals surface area contributed by atoms with Crippen LogP contribution in [-0.2, 0) is 0 Å². The molecule has 0 spiro atoms. The van der Waals surface area contributed by atoms with Crippen molar-refractivity contribution in [3.63, 3.8) is 0 Å². The summed E-state index contributed by atoms with van der Waals surface area (Å²) in [5.41, 5.74) is 2.41. The normalized spacial score (nSPS) is 19.9. The average Bonchev–Trinajstić information content (AvgIpc) is 3.24. The molecule has 0 bridgehead atoms. The van der Waals surface area contributed by atoms with Crippen LogP contribution < -0.4 is 4.90 Å². The van der Waals surface area contributed by atoms with Crippen LogP contribution in [0.5, 0.6) is 5.75 Å². The number of hydrogen-bond acceptors (Lipinski definition) is 5. The van der Waals surface area contributed by atoms with Crippen molar-refractivity contribution >= 4 is 11.7 Å². The third-order valence-corrected chi connectivity index (χ3v) is 5.84. The van der Waals surface area contributed by atoms with Crippen molar-refractivity contribution in [2.45, 2.75) is 45.4 Å². The molecule has 1 atom stereocenters. The Morgan fingerprint density at radius 3 is 2.61 bits per heavy atom. The van der Waals surface area contributed by atoms with E-state index in [0.29, 0.717) is 12.1 Å². The van der Waals surface area contributed by atoms with E-state index in [1.165, 1.54) is 12.8 Å². The molecule has 4 rings (SSSR count). The van der Waals surface area contributed by atoms with Crippen LogP contribution >= 0.6 is 0 Å². The number of aromatic nitrogens is 2. The van der Waals surface area contributed by atoms with Crippen LogP contribution in [0.2, 0.25) is 0 Å². The van der Waals surface area contributed by atoms with Crippen LogP contribution in [0.3, 0.4) is 0 Å². The highest BCUT2D eigenvalue weighted by atomic mass is 16.3. The summed E-state index contributed by atoms with van der Waals surface area (Å²) in [5, 5.41) is 9.73. The van der Waals surface area contributed by atoms with Crippen LogP contribution in [0.25, 0.3) is 0 Å². The van der Waals surface area contributed by atoms with Gasteiger partial charge in [0.25, 0.3) is 5.91 Å². The average molecular weight is 380 g/mol. The van der Waals surface area contributed by atoms with Crippen LogP contribution in [0.1, 0.15) is 59.0 Å². The molecular formula is C22H28N4O2. The number of hydrogen-bond donors (Lipinski definition) is 1. The lowest BCUT2D eigenvalue weighted by Crippen LogP contribution is -2.39. The lowest BCUT2D eigenvalue weighted by atomic mass is 9.93. The van der Waals surface area contributed by atoms with Gasteiger partial charge in [-0.05, 0) is 63.3 Å². The molecule has 1 aromatic carbocycles. The smallest absolute Gasteiger partial charge is 0.253 e. The van der Waals surface area contributed by atoms with E-state index < -0.39 is 0 Å². The molecule has 1 aromatic heterocycles. The topological polar surface area (TPSA) is 69.6 Å². The number of phenolic OH excluding ortho intramolecular Hbond substituents is 1. The number of piperidine rings is 1. The van der Waals surface area contributed by atoms with E-state index in [1.807, 2.05) is 18.7 Å². The van der Waals surface area contributed by atoms with Gasteiger partial charge in [-0.3, -0.25) is 4.79 Å². The molecule has 148 valence electrons. The fraction of sp³-hybridized carbons (Fsp3) is 0.500. The van der Waals surface area contributed by atoms with E-state index in [4.69, 9.17) is 4.98 Å². The Morgan fingerprint density at radius 2 is 1.86 bits per heavy atom. The van der Waals surface area contributed by atoms with Gasteiger partial charge in [-0.2, -0.15) is 0 Å². The van der Waals surface area contributed by atoms with E-state index in [9.17, 15) is 9.90 Å². The summed E-state index contributed by atoms with van der Waals surface area (Å²) in [7, 11) is 0. The molecule has 6 nitrogen and oxygen atoms in total. The molecule has 2 fully saturated rings. The Hall–Kier alpha value is -2.63. The number of benzene rings is 1. The molecule has 2 saturated heterocycles. The van der Waals surface area contributed by atoms with Gasteiger partial charge >= 0.3 is 0 Å². The second-order valence-electron chi connectivity index (χ2n) is 7.98. The number of likely N-dealkylation sites (tertiary alicyclic amines) is 1. The Balaban J connectivity index is 1.53. The number of amides is 1. The fourth-order valence-electron chi connectivity index (χ4n) is 4.27. The minimum Gasteiger partial charge on any atom is -0.508 e. The van der Waals surface area contributed by atoms with Gasteiger partial charge in [0, 0.05) is 43.7 Å². The first kappa shape index (κ1) is 18.7. The van der Waals surface area contributed by atoms with E-state index in [1.54, 1.807) is 18.2 Å². The quantitative estimate of drug-likeness (QED) is 0.884. The van der Waals surface area contributed by atoms with E-state index in [-0.39, 0.29) is 17.6 Å². The molecule has 1 amide bonds. The largest absolute Gasteiger partial charge is 0.508 e. The Morgan fingerprint density at radius 1 is 1.07 bits per heavy atom. The molecule has 0 unspecified atom stereocenters. The minimum atomic E-state index is 0.0262. The maximum atomic E-state index is 13.0. The number of anilines is 1. The van der Waals surface area contributed by atoms with Crippen LogP contribution in [0.4, 0.5) is 5.82 Å². The molecule has 3 heterocycles. The highest BCUT2D eigenvalue weighted by Crippen LogP contribution is 2.30. The Labute approximate surface area is 166 Å². The third-order valence-electron chi connectivity index (χ3n) is 5.84. The first-order valence-corrected chi connectivity index (χ1v) is 10.2. The zero-order chi connectivity index (χ0) is 19.7. The van der Waals surface area contributed by atoms with Gasteiger partial charge in [-0.1, -0.05) is 0 Å². The molecular weight excluding hydrogens is 352 g/mol. The molecule has 28 heavy (non-hydrogen) atoms. The van der Waals surface area contributed by atoms with Gasteiger partial charge in [-0.15, -0.1) is 0 Å². The summed E-state index contributed by atoms with van der Waals surface area (Å²) in [6.45, 7) is 7.33. The first-order valence-electron chi connectivity index (χ1n) is 10.2. The van der Waals surface area contributed by atoms with Crippen molar-refractivity contribution in [2.75, 3.05) is 31.1 Å². The summed E-state index contributed by atoms with van der Waals surface area (Å²) >= 11 is 0. The molecule has 1 N–H and O–H groups in total. The summed E-state index contributed by atoms with van der Waals surface area (Å²) in [6, 6.07) is 7.19. The molecule has 0 saturated carbocycles. The van der Waals surface area contributed by atoms with Crippen LogP contribution in [0, 0.1) is 13.8 Å². The summed E-state index contributed by atoms with van der Waals surface area (Å²) in [6.07, 6.45) is 4.44. The monoisotopic (exact) mass is 380 g/mol. The summed E-state index contributed by atoms with van der Waals surface area (Å²) in [4.78, 5) is 26.6. The first-order chi connectivity index (χ1) is 13.5. The van der Waals surface area contributed by atoms with Gasteiger partial charge in [0.15, 0.2) is 0 Å². The molecule has 2 aliphatic rings. The SMILES string of the molecule is Cc1nc([C@@H]2CCCN(C(=O)c3ccc(O)c(C)c3)C2)cc(N2CCCC2)n1. The minimum absolute atomic E-state index is 0.0262. The third kappa shape index (κ3) is 3.81. The van der Waals surface area contributed by atoms with Crippen molar-refractivity contribution in [1.29, 1.82) is 0 Å². The Bertz CT molecular complexity index is 877. The number of rotatable bonds is 3. The second-order valence-corrected chi connectivity index (χ2v) is 7.98. The molecule has 6 heteroatoms. The maximum Gasteiger partial charge on any atom is 0.253 e. The van der Waals surface area contributed by atoms with E-state index in [2.05, 4.69) is 16.0 Å². The predicted molar refractivity (Wildman–Crippen MR) is 109 cm³/mol. The molecule has 0 aliphatic carbocycles. The number of aromatic hydroxyl groups is 1. The highest BCUT2D eigenvalue weighted by Gasteiger charge is 2.27. The highest BCUT2D eigenvalue weighted by molar-refractivity contribution is 5.94. The van der Waals surface area contributed by atoms with E-state index in [0.717, 1.165) is 55.4 Å². The lowest BCUT2D eigenvalue weighted by Gasteiger charge is -2.33. The molecule has 2 aliphatic heterocycles. The van der Waals surface area contributed by atoms with Gasteiger partial charge < -0.3 is 14.9 Å². The standard InChI is InChI=1S/C22H28N4O2/c1-15-12-17(7-8-20(15)27)22(28)26-11-5-6-18(14-26)19-13-21(24-16(2)23-19)25-9-3-4-10-25/h7-8,12-13,18,27H,3-6,9-11,14H2,1-2H3/t18-/m1/s1. The predicted octanol–water partition coefficient (Wildman–Crippen LogP) is 3.42. The Kier molecular flexibility index (Phi) is 5.20. The molecule has 0 radical (unpaired) electrons. The summed E-state index contributed by atoms with van der Waals surface area (Å²) < 4.78 is 0. The van der Waals surface area contributed by atoms with Gasteiger partial charge in [-0.25, -0.2) is 9.97 Å². The number of nitrogens with zero attached hydrogens (tertiary/aromatic N) is 4. The zero-order valence-electron chi connectivity index (χ0n) is 16.7. The van der Waals surface area contributed by atoms with Gasteiger partial charge in [0.2, 0.25) is 0 Å². The lowest BCUT2D eigenvalue weighted by molar-refractivity contribution is 0.0705. The maximum absolute atomic E-state index is 13.0. The molecule has 2 aromatic rings.